The predicted molar refractivity (Wildman–Crippen MR) is 142 cm³/mol. The summed E-state index contributed by atoms with van der Waals surface area (Å²) >= 11 is 1.36. The molecule has 3 aromatic rings. The van der Waals surface area contributed by atoms with Gasteiger partial charge in [0.05, 0.1) is 16.6 Å². The van der Waals surface area contributed by atoms with Crippen LogP contribution >= 0.6 is 11.8 Å². The van der Waals surface area contributed by atoms with E-state index in [1.54, 1.807) is 30.5 Å². The number of pyridine rings is 1. The maximum absolute atomic E-state index is 13.6. The molecule has 34 heavy (non-hydrogen) atoms. The molecule has 0 bridgehead atoms. The third-order valence-electron chi connectivity index (χ3n) is 6.58. The van der Waals surface area contributed by atoms with E-state index in [-0.39, 0.29) is 11.1 Å². The highest BCUT2D eigenvalue weighted by Gasteiger charge is 2.42. The predicted octanol–water partition coefficient (Wildman–Crippen LogP) is 5.77. The van der Waals surface area contributed by atoms with Crippen LogP contribution in [0.15, 0.2) is 46.5 Å². The molecular formula is C26H31N3O3SSi. The van der Waals surface area contributed by atoms with Gasteiger partial charge in [-0.3, -0.25) is 9.36 Å². The molecule has 0 spiro atoms. The highest BCUT2D eigenvalue weighted by molar-refractivity contribution is 7.98. The molecule has 3 rings (SSSR count). The number of benzene rings is 1. The molecule has 8 heteroatoms. The molecule has 0 amide bonds. The summed E-state index contributed by atoms with van der Waals surface area (Å²) < 4.78 is 1.35. The summed E-state index contributed by atoms with van der Waals surface area (Å²) in [4.78, 5) is 35.0. The number of para-hydroxylation sites is 1. The second-order valence-corrected chi connectivity index (χ2v) is 15.6. The van der Waals surface area contributed by atoms with Crippen molar-refractivity contribution in [2.24, 2.45) is 0 Å². The van der Waals surface area contributed by atoms with Gasteiger partial charge in [0, 0.05) is 6.20 Å². The summed E-state index contributed by atoms with van der Waals surface area (Å²) in [5, 5.41) is 11.1. The summed E-state index contributed by atoms with van der Waals surface area (Å²) in [6.07, 6.45) is 3.44. The molecule has 2 aromatic heterocycles. The van der Waals surface area contributed by atoms with Crippen molar-refractivity contribution in [1.29, 1.82) is 0 Å². The Hall–Kier alpha value is -2.89. The maximum Gasteiger partial charge on any atom is 0.342 e. The fourth-order valence-corrected chi connectivity index (χ4v) is 10.5. The molecule has 0 radical (unpaired) electrons. The van der Waals surface area contributed by atoms with Crippen LogP contribution in [0.1, 0.15) is 57.5 Å². The normalized spacial score (nSPS) is 11.8. The zero-order chi connectivity index (χ0) is 25.2. The van der Waals surface area contributed by atoms with Gasteiger partial charge in [-0.05, 0) is 35.0 Å². The van der Waals surface area contributed by atoms with Gasteiger partial charge in [-0.1, -0.05) is 77.4 Å². The van der Waals surface area contributed by atoms with Crippen LogP contribution in [-0.2, 0) is 0 Å². The number of hydrogen-bond donors (Lipinski definition) is 1. The lowest BCUT2D eigenvalue weighted by Gasteiger charge is -2.38. The molecular weight excluding hydrogens is 462 g/mol. The number of fused-ring (bicyclic) bond motifs is 1. The van der Waals surface area contributed by atoms with Crippen LogP contribution in [0.2, 0.25) is 16.6 Å². The molecule has 0 aliphatic rings. The van der Waals surface area contributed by atoms with Crippen LogP contribution in [0.25, 0.3) is 16.7 Å². The zero-order valence-electron chi connectivity index (χ0n) is 20.7. The zero-order valence-corrected chi connectivity index (χ0v) is 22.5. The number of rotatable bonds is 6. The highest BCUT2D eigenvalue weighted by atomic mass is 32.2. The van der Waals surface area contributed by atoms with Crippen molar-refractivity contribution >= 4 is 36.8 Å². The Labute approximate surface area is 205 Å². The molecule has 0 atom stereocenters. The van der Waals surface area contributed by atoms with Gasteiger partial charge in [-0.25, -0.2) is 14.8 Å². The topological polar surface area (TPSA) is 85.1 Å². The van der Waals surface area contributed by atoms with E-state index in [0.29, 0.717) is 38.5 Å². The molecule has 0 saturated carbocycles. The highest BCUT2D eigenvalue weighted by Crippen LogP contribution is 2.41. The Bertz CT molecular complexity index is 1320. The van der Waals surface area contributed by atoms with Crippen LogP contribution in [-0.4, -0.2) is 39.9 Å². The van der Waals surface area contributed by atoms with E-state index in [1.807, 2.05) is 12.3 Å². The van der Waals surface area contributed by atoms with E-state index in [4.69, 9.17) is 0 Å². The van der Waals surface area contributed by atoms with Gasteiger partial charge in [-0.2, -0.15) is 0 Å². The first-order valence-corrected chi connectivity index (χ1v) is 14.8. The Morgan fingerprint density at radius 1 is 1.06 bits per heavy atom. The third kappa shape index (κ3) is 4.42. The smallest absolute Gasteiger partial charge is 0.342 e. The molecule has 0 unspecified atom stereocenters. The fraction of sp³-hybridized carbons (Fsp3) is 0.385. The molecule has 1 N–H and O–H groups in total. The average molecular weight is 494 g/mol. The number of nitrogens with zero attached hydrogens (tertiary/aromatic N) is 3. The Kier molecular flexibility index (Phi) is 7.69. The van der Waals surface area contributed by atoms with E-state index in [2.05, 4.69) is 63.0 Å². The molecule has 0 saturated heterocycles. The second kappa shape index (κ2) is 10.2. The largest absolute Gasteiger partial charge is 0.477 e. The monoisotopic (exact) mass is 493 g/mol. The lowest BCUT2D eigenvalue weighted by molar-refractivity contribution is 0.0694. The van der Waals surface area contributed by atoms with Gasteiger partial charge in [0.25, 0.3) is 5.56 Å². The van der Waals surface area contributed by atoms with Crippen LogP contribution in [0.4, 0.5) is 0 Å². The maximum atomic E-state index is 13.6. The summed E-state index contributed by atoms with van der Waals surface area (Å²) in [6.45, 7) is 13.2. The molecule has 0 aliphatic heterocycles. The molecule has 6 nitrogen and oxygen atoms in total. The van der Waals surface area contributed by atoms with Gasteiger partial charge in [0.15, 0.2) is 10.8 Å². The summed E-state index contributed by atoms with van der Waals surface area (Å²) in [7, 11) is -2.18. The van der Waals surface area contributed by atoms with Crippen molar-refractivity contribution in [3.05, 3.63) is 58.0 Å². The Morgan fingerprint density at radius 3 is 2.15 bits per heavy atom. The summed E-state index contributed by atoms with van der Waals surface area (Å²) in [6, 6.07) is 8.95. The number of hydrogen-bond acceptors (Lipinski definition) is 5. The van der Waals surface area contributed by atoms with E-state index in [0.717, 1.165) is 0 Å². The molecule has 0 fully saturated rings. The molecule has 2 heterocycles. The summed E-state index contributed by atoms with van der Waals surface area (Å²) in [5.41, 5.74) is 4.77. The van der Waals surface area contributed by atoms with Crippen molar-refractivity contribution in [3.8, 4) is 17.2 Å². The minimum Gasteiger partial charge on any atom is -0.477 e. The molecule has 1 aromatic carbocycles. The number of carbonyl (C=O) groups is 1. The summed E-state index contributed by atoms with van der Waals surface area (Å²) in [5.74, 6) is 1.91. The average Bonchev–Trinajstić information content (AvgIpc) is 2.78. The van der Waals surface area contributed by atoms with Gasteiger partial charge >= 0.3 is 5.97 Å². The molecule has 178 valence electrons. The number of carboxylic acid groups (broad SMARTS) is 1. The van der Waals surface area contributed by atoms with Crippen LogP contribution in [0, 0.1) is 11.5 Å². The first kappa shape index (κ1) is 25.7. The lowest BCUT2D eigenvalue weighted by Crippen LogP contribution is -2.43. The van der Waals surface area contributed by atoms with Crippen molar-refractivity contribution in [2.45, 2.75) is 63.3 Å². The first-order chi connectivity index (χ1) is 16.1. The van der Waals surface area contributed by atoms with E-state index in [9.17, 15) is 14.7 Å². The van der Waals surface area contributed by atoms with Gasteiger partial charge < -0.3 is 5.11 Å². The SMILES string of the molecule is CSc1ncc2c(C#C[Si](C(C)C)(C(C)C)C(C)C)c(C(=O)O)c(=O)n(-c3ccccc3)c2n1. The van der Waals surface area contributed by atoms with Crippen LogP contribution in [0.5, 0.6) is 0 Å². The van der Waals surface area contributed by atoms with E-state index in [1.165, 1.54) is 16.3 Å². The lowest BCUT2D eigenvalue weighted by atomic mass is 10.1. The minimum absolute atomic E-state index is 0.200. The van der Waals surface area contributed by atoms with E-state index >= 15 is 0 Å². The quantitative estimate of drug-likeness (QED) is 0.203. The number of aromatic nitrogens is 3. The van der Waals surface area contributed by atoms with Crippen molar-refractivity contribution in [3.63, 3.8) is 0 Å². The third-order valence-corrected chi connectivity index (χ3v) is 13.4. The van der Waals surface area contributed by atoms with Crippen molar-refractivity contribution in [1.82, 2.24) is 14.5 Å². The van der Waals surface area contributed by atoms with E-state index < -0.39 is 19.6 Å². The second-order valence-electron chi connectivity index (χ2n) is 9.27. The fourth-order valence-electron chi connectivity index (χ4n) is 5.00. The Balaban J connectivity index is 2.51. The van der Waals surface area contributed by atoms with Gasteiger partial charge in [0.2, 0.25) is 0 Å². The minimum atomic E-state index is -2.18. The molecule has 0 aliphatic carbocycles. The first-order valence-electron chi connectivity index (χ1n) is 11.4. The van der Waals surface area contributed by atoms with Crippen molar-refractivity contribution in [2.75, 3.05) is 6.26 Å². The van der Waals surface area contributed by atoms with Crippen molar-refractivity contribution < 1.29 is 9.90 Å². The number of carboxylic acids is 1. The number of thioether (sulfide) groups is 1. The number of aromatic carboxylic acids is 1. The van der Waals surface area contributed by atoms with Crippen LogP contribution in [0.3, 0.4) is 0 Å². The van der Waals surface area contributed by atoms with Gasteiger partial charge in [0.1, 0.15) is 13.6 Å². The standard InChI is InChI=1S/C26H31N3O3SSi/c1-16(2)34(17(3)4,18(5)6)14-13-20-21-15-27-26(33-7)28-23(21)29(19-11-9-8-10-12-19)24(30)22(20)25(31)32/h8-12,15-18H,1-7H3,(H,31,32). The van der Waals surface area contributed by atoms with Gasteiger partial charge in [-0.15, -0.1) is 5.54 Å². The Morgan fingerprint density at radius 2 is 1.65 bits per heavy atom. The van der Waals surface area contributed by atoms with Crippen LogP contribution < -0.4 is 5.56 Å².